The fraction of sp³-hybridized carbons (Fsp3) is 0.730. The Kier molecular flexibility index (Phi) is 9.07. The fourth-order valence-corrected chi connectivity index (χ4v) is 16.3. The minimum Gasteiger partial charge on any atom is -0.497 e. The Hall–Kier alpha value is -1.36. The van der Waals surface area contributed by atoms with E-state index < -0.39 is 8.24 Å². The molecular weight excluding hydrogens is 517 g/mol. The largest absolute Gasteiger partial charge is 0.497 e. The summed E-state index contributed by atoms with van der Waals surface area (Å²) >= 11 is 0. The number of unbranched alkanes of at least 4 members (excludes halogenated alkanes) is 2. The number of quaternary nitrogens is 1. The van der Waals surface area contributed by atoms with Crippen molar-refractivity contribution in [3.8, 4) is 5.75 Å². The Morgan fingerprint density at radius 1 is 0.976 bits per heavy atom. The normalized spacial score (nSPS) is 27.8. The molecule has 4 heteroatoms. The molecule has 0 saturated heterocycles. The number of fused-ring (bicyclic) bond motifs is 4. The molecule has 0 aliphatic heterocycles. The predicted molar refractivity (Wildman–Crippen MR) is 179 cm³/mol. The third-order valence-electron chi connectivity index (χ3n) is 11.6. The number of hydrogen-bond acceptors (Lipinski definition) is 2. The molecule has 228 valence electrons. The number of ether oxygens (including phenoxy) is 1. The average molecular weight is 578 g/mol. The van der Waals surface area contributed by atoms with E-state index in [4.69, 9.17) is 4.74 Å². The molecule has 0 spiro atoms. The molecule has 2 fully saturated rings. The molecule has 0 bridgehead atoms. The highest BCUT2D eigenvalue weighted by atomic mass is 28.3. The van der Waals surface area contributed by atoms with Crippen molar-refractivity contribution in [3.63, 3.8) is 0 Å². The summed E-state index contributed by atoms with van der Waals surface area (Å²) in [5.74, 6) is 3.13. The van der Waals surface area contributed by atoms with Gasteiger partial charge in [0.1, 0.15) is 5.75 Å². The van der Waals surface area contributed by atoms with E-state index in [9.17, 15) is 0 Å². The Balaban J connectivity index is 1.62. The first kappa shape index (κ1) is 31.1. The summed E-state index contributed by atoms with van der Waals surface area (Å²) in [5.41, 5.74) is 7.27. The van der Waals surface area contributed by atoms with Crippen molar-refractivity contribution >= 4 is 13.8 Å². The molecule has 4 unspecified atom stereocenters. The quantitative estimate of drug-likeness (QED) is 0.147. The topological polar surface area (TPSA) is 12.5 Å². The first-order valence-electron chi connectivity index (χ1n) is 17.2. The maximum Gasteiger partial charge on any atom is 0.191 e. The van der Waals surface area contributed by atoms with Crippen LogP contribution in [0.3, 0.4) is 0 Å². The van der Waals surface area contributed by atoms with Gasteiger partial charge in [-0.15, -0.1) is 0 Å². The molecule has 0 aromatic heterocycles. The van der Waals surface area contributed by atoms with Crippen molar-refractivity contribution in [2.24, 2.45) is 17.8 Å². The van der Waals surface area contributed by atoms with Gasteiger partial charge in [-0.1, -0.05) is 97.0 Å². The highest BCUT2D eigenvalue weighted by molar-refractivity contribution is 6.76. The summed E-state index contributed by atoms with van der Waals surface area (Å²) in [7, 11) is 7.39. The van der Waals surface area contributed by atoms with Gasteiger partial charge in [0.2, 0.25) is 0 Å². The van der Waals surface area contributed by atoms with E-state index in [-0.39, 0.29) is 5.41 Å². The maximum atomic E-state index is 5.82. The van der Waals surface area contributed by atoms with Crippen LogP contribution in [0.4, 0.5) is 0 Å². The lowest BCUT2D eigenvalue weighted by Crippen LogP contribution is -2.69. The summed E-state index contributed by atoms with van der Waals surface area (Å²) in [5, 5.41) is 0. The molecule has 0 heterocycles. The van der Waals surface area contributed by atoms with Crippen LogP contribution in [0.2, 0.25) is 18.6 Å². The zero-order valence-corrected chi connectivity index (χ0v) is 29.1. The second-order valence-electron chi connectivity index (χ2n) is 15.6. The standard InChI is InChI=1S/C37H61N2OSi/c1-10-12-21-37(22-13-11-2)34-25-30(40-7)19-20-31(34)33-24-28-23-27(3)36(32(28)26-35(33)37)41(8,9)38(39(4,5)6)29-17-15-14-16-18-29/h19-20,24-29,32,36H,10-18,21-23H2,1-9H3/q+1. The molecule has 4 aliphatic rings. The summed E-state index contributed by atoms with van der Waals surface area (Å²) < 4.78 is 9.90. The Labute approximate surface area is 254 Å². The molecule has 5 rings (SSSR count). The highest BCUT2D eigenvalue weighted by Crippen LogP contribution is 2.63. The van der Waals surface area contributed by atoms with Crippen LogP contribution in [-0.4, -0.2) is 51.8 Å². The second kappa shape index (κ2) is 12.0. The van der Waals surface area contributed by atoms with Crippen molar-refractivity contribution in [2.45, 2.75) is 128 Å². The molecule has 0 amide bonds. The van der Waals surface area contributed by atoms with Gasteiger partial charge in [0, 0.05) is 11.5 Å². The number of benzene rings is 1. The van der Waals surface area contributed by atoms with E-state index in [1.54, 1.807) is 16.7 Å². The third-order valence-corrected chi connectivity index (χ3v) is 16.4. The van der Waals surface area contributed by atoms with E-state index in [0.717, 1.165) is 27.8 Å². The first-order chi connectivity index (χ1) is 19.5. The van der Waals surface area contributed by atoms with Crippen LogP contribution in [0.15, 0.2) is 35.9 Å². The van der Waals surface area contributed by atoms with Gasteiger partial charge in [0.05, 0.1) is 28.3 Å². The maximum absolute atomic E-state index is 5.82. The van der Waals surface area contributed by atoms with Crippen LogP contribution in [0.1, 0.15) is 109 Å². The van der Waals surface area contributed by atoms with Gasteiger partial charge in [0.15, 0.2) is 8.24 Å². The van der Waals surface area contributed by atoms with Crippen LogP contribution in [-0.2, 0) is 5.41 Å². The lowest BCUT2D eigenvalue weighted by molar-refractivity contribution is -0.975. The first-order valence-corrected chi connectivity index (χ1v) is 20.3. The molecule has 0 N–H and O–H groups in total. The van der Waals surface area contributed by atoms with Crippen molar-refractivity contribution in [1.82, 2.24) is 4.67 Å². The minimum absolute atomic E-state index is 0.137. The van der Waals surface area contributed by atoms with Crippen molar-refractivity contribution in [3.05, 3.63) is 47.1 Å². The fourth-order valence-electron chi connectivity index (χ4n) is 10.4. The van der Waals surface area contributed by atoms with Gasteiger partial charge in [0.25, 0.3) is 0 Å². The number of nitrogens with zero attached hydrogens (tertiary/aromatic N) is 2. The summed E-state index contributed by atoms with van der Waals surface area (Å²) in [6.07, 6.45) is 21.7. The summed E-state index contributed by atoms with van der Waals surface area (Å²) in [6, 6.07) is 7.76. The van der Waals surface area contributed by atoms with Gasteiger partial charge >= 0.3 is 0 Å². The molecule has 3 nitrogen and oxygen atoms in total. The number of allylic oxidation sites excluding steroid dienone is 4. The van der Waals surface area contributed by atoms with Crippen LogP contribution in [0.5, 0.6) is 5.75 Å². The predicted octanol–water partition coefficient (Wildman–Crippen LogP) is 9.75. The van der Waals surface area contributed by atoms with E-state index in [2.05, 4.69) is 90.0 Å². The van der Waals surface area contributed by atoms with Crippen LogP contribution in [0.25, 0.3) is 5.57 Å². The molecule has 1 aromatic carbocycles. The van der Waals surface area contributed by atoms with E-state index >= 15 is 0 Å². The van der Waals surface area contributed by atoms with E-state index in [1.807, 2.05) is 7.11 Å². The number of rotatable bonds is 11. The van der Waals surface area contributed by atoms with Crippen molar-refractivity contribution < 1.29 is 9.33 Å². The Bertz CT molecular complexity index is 1130. The molecule has 4 atom stereocenters. The highest BCUT2D eigenvalue weighted by Gasteiger charge is 2.58. The van der Waals surface area contributed by atoms with Crippen LogP contribution >= 0.6 is 0 Å². The SMILES string of the molecule is CCCCC1(CCCC)C2=CC3C(C=C2c2ccc(OC)cc21)CC(C)C3[Si](C)(C)N(C1CCCCC1)[N+](C)(C)C. The van der Waals surface area contributed by atoms with E-state index in [0.29, 0.717) is 11.8 Å². The molecular formula is C37H61N2OSi+. The van der Waals surface area contributed by atoms with Crippen LogP contribution in [0, 0.1) is 17.8 Å². The molecule has 4 aliphatic carbocycles. The average Bonchev–Trinajstić information content (AvgIpc) is 3.40. The monoisotopic (exact) mass is 577 g/mol. The lowest BCUT2D eigenvalue weighted by atomic mass is 9.68. The molecule has 0 radical (unpaired) electrons. The molecule has 1 aromatic rings. The zero-order valence-electron chi connectivity index (χ0n) is 28.1. The van der Waals surface area contributed by atoms with Crippen molar-refractivity contribution in [1.29, 1.82) is 0 Å². The minimum atomic E-state index is -1.82. The summed E-state index contributed by atoms with van der Waals surface area (Å²) in [6.45, 7) is 12.8. The molecule has 2 saturated carbocycles. The van der Waals surface area contributed by atoms with Gasteiger partial charge in [-0.25, -0.2) is 0 Å². The van der Waals surface area contributed by atoms with Crippen molar-refractivity contribution in [2.75, 3.05) is 28.3 Å². The number of hydrogen-bond donors (Lipinski definition) is 0. The lowest BCUT2D eigenvalue weighted by Gasteiger charge is -2.54. The third kappa shape index (κ3) is 5.44. The Morgan fingerprint density at radius 2 is 1.63 bits per heavy atom. The summed E-state index contributed by atoms with van der Waals surface area (Å²) in [4.78, 5) is 0. The number of methoxy groups -OCH3 is 1. The van der Waals surface area contributed by atoms with Crippen LogP contribution < -0.4 is 4.74 Å². The second-order valence-corrected chi connectivity index (χ2v) is 20.0. The van der Waals surface area contributed by atoms with Gasteiger partial charge in [-0.05, 0) is 89.8 Å². The molecule has 41 heavy (non-hydrogen) atoms. The Morgan fingerprint density at radius 3 is 2.22 bits per heavy atom. The zero-order chi connectivity index (χ0) is 29.6. The van der Waals surface area contributed by atoms with Gasteiger partial charge in [-0.2, -0.15) is 4.67 Å². The van der Waals surface area contributed by atoms with Gasteiger partial charge in [-0.3, -0.25) is 4.59 Å². The van der Waals surface area contributed by atoms with E-state index in [1.165, 1.54) is 82.6 Å². The van der Waals surface area contributed by atoms with Gasteiger partial charge < -0.3 is 4.74 Å². The smallest absolute Gasteiger partial charge is 0.191 e.